The van der Waals surface area contributed by atoms with Crippen LogP contribution in [0.15, 0.2) is 29.3 Å². The number of methoxy groups -OCH3 is 1. The quantitative estimate of drug-likeness (QED) is 0.541. The van der Waals surface area contributed by atoms with Gasteiger partial charge < -0.3 is 15.4 Å². The smallest absolute Gasteiger partial charge is 0.191 e. The topological polar surface area (TPSA) is 48.9 Å². The summed E-state index contributed by atoms with van der Waals surface area (Å²) in [6.07, 6.45) is 0. The molecular weight excluding hydrogens is 288 g/mol. The highest BCUT2D eigenvalue weighted by molar-refractivity contribution is 5.79. The average Bonchev–Trinajstić information content (AvgIpc) is 2.57. The first-order chi connectivity index (χ1) is 11.1. The molecule has 0 aliphatic rings. The van der Waals surface area contributed by atoms with E-state index in [2.05, 4.69) is 65.6 Å². The summed E-state index contributed by atoms with van der Waals surface area (Å²) >= 11 is 0. The highest BCUT2D eigenvalue weighted by Crippen LogP contribution is 2.07. The second kappa shape index (κ2) is 11.0. The van der Waals surface area contributed by atoms with E-state index < -0.39 is 0 Å². The first kappa shape index (κ1) is 19.5. The molecule has 0 spiro atoms. The lowest BCUT2D eigenvalue weighted by atomic mass is 10.1. The van der Waals surface area contributed by atoms with Crippen molar-refractivity contribution in [2.75, 3.05) is 33.9 Å². The van der Waals surface area contributed by atoms with Gasteiger partial charge in [0.1, 0.15) is 0 Å². The molecule has 0 aromatic heterocycles. The number of nitrogens with one attached hydrogen (secondary N) is 2. The molecule has 130 valence electrons. The third-order valence-corrected chi connectivity index (χ3v) is 3.81. The van der Waals surface area contributed by atoms with Crippen LogP contribution in [0.25, 0.3) is 0 Å². The van der Waals surface area contributed by atoms with Gasteiger partial charge in [0.25, 0.3) is 0 Å². The normalized spacial score (nSPS) is 13.2. The van der Waals surface area contributed by atoms with Crippen LogP contribution in [-0.4, -0.2) is 50.8 Å². The van der Waals surface area contributed by atoms with E-state index in [1.165, 1.54) is 11.1 Å². The second-order valence-corrected chi connectivity index (χ2v) is 5.70. The van der Waals surface area contributed by atoms with Crippen molar-refractivity contribution in [2.45, 2.75) is 39.9 Å². The second-order valence-electron chi connectivity index (χ2n) is 5.70. The number of benzene rings is 1. The fraction of sp³-hybridized carbons (Fsp3) is 0.611. The highest BCUT2D eigenvalue weighted by Gasteiger charge is 2.05. The molecule has 0 fully saturated rings. The Hall–Kier alpha value is -1.59. The number of aliphatic imine (C=N–C) groups is 1. The Labute approximate surface area is 141 Å². The Bertz CT molecular complexity index is 455. The Kier molecular flexibility index (Phi) is 9.33. The lowest BCUT2D eigenvalue weighted by Crippen LogP contribution is -2.43. The van der Waals surface area contributed by atoms with Crippen LogP contribution in [-0.2, 0) is 17.8 Å². The molecule has 0 bridgehead atoms. The first-order valence-electron chi connectivity index (χ1n) is 8.39. The third-order valence-electron chi connectivity index (χ3n) is 3.81. The molecule has 0 heterocycles. The molecule has 1 rings (SSSR count). The summed E-state index contributed by atoms with van der Waals surface area (Å²) in [5, 5.41) is 6.63. The maximum atomic E-state index is 5.13. The fourth-order valence-electron chi connectivity index (χ4n) is 2.37. The van der Waals surface area contributed by atoms with Crippen molar-refractivity contribution in [3.05, 3.63) is 35.4 Å². The van der Waals surface area contributed by atoms with E-state index >= 15 is 0 Å². The summed E-state index contributed by atoms with van der Waals surface area (Å²) in [5.74, 6) is 0.793. The summed E-state index contributed by atoms with van der Waals surface area (Å²) in [5.41, 5.74) is 2.60. The number of hydrogen-bond donors (Lipinski definition) is 2. The Balaban J connectivity index is 2.48. The van der Waals surface area contributed by atoms with Crippen LogP contribution in [0.5, 0.6) is 0 Å². The summed E-state index contributed by atoms with van der Waals surface area (Å²) in [4.78, 5) is 6.65. The summed E-state index contributed by atoms with van der Waals surface area (Å²) in [6.45, 7) is 11.1. The fourth-order valence-corrected chi connectivity index (χ4v) is 2.37. The maximum Gasteiger partial charge on any atom is 0.191 e. The van der Waals surface area contributed by atoms with Crippen molar-refractivity contribution in [2.24, 2.45) is 4.99 Å². The third kappa shape index (κ3) is 7.48. The lowest BCUT2D eigenvalue weighted by molar-refractivity contribution is 0.179. The Morgan fingerprint density at radius 3 is 2.30 bits per heavy atom. The maximum absolute atomic E-state index is 5.13. The monoisotopic (exact) mass is 320 g/mol. The molecule has 1 unspecified atom stereocenters. The van der Waals surface area contributed by atoms with Gasteiger partial charge in [-0.2, -0.15) is 0 Å². The molecule has 5 nitrogen and oxygen atoms in total. The molecule has 2 N–H and O–H groups in total. The number of ether oxygens (including phenoxy) is 1. The summed E-state index contributed by atoms with van der Waals surface area (Å²) in [6, 6.07) is 9.00. The van der Waals surface area contributed by atoms with E-state index in [1.54, 1.807) is 14.2 Å². The molecule has 1 aromatic rings. The molecule has 1 atom stereocenters. The SMILES string of the molecule is CCN(CC)Cc1ccc(CNC(=NC)NC(C)COC)cc1. The molecular formula is C18H32N4O. The van der Waals surface area contributed by atoms with Crippen molar-refractivity contribution in [1.82, 2.24) is 15.5 Å². The summed E-state index contributed by atoms with van der Waals surface area (Å²) in [7, 11) is 3.48. The molecule has 0 saturated carbocycles. The van der Waals surface area contributed by atoms with E-state index in [9.17, 15) is 0 Å². The zero-order valence-corrected chi connectivity index (χ0v) is 15.2. The number of rotatable bonds is 9. The predicted octanol–water partition coefficient (Wildman–Crippen LogP) is 2.23. The van der Waals surface area contributed by atoms with Gasteiger partial charge in [-0.3, -0.25) is 9.89 Å². The Morgan fingerprint density at radius 1 is 1.17 bits per heavy atom. The minimum absolute atomic E-state index is 0.225. The van der Waals surface area contributed by atoms with Gasteiger partial charge in [0.05, 0.1) is 6.61 Å². The van der Waals surface area contributed by atoms with E-state index in [0.29, 0.717) is 6.61 Å². The number of guanidine groups is 1. The highest BCUT2D eigenvalue weighted by atomic mass is 16.5. The van der Waals surface area contributed by atoms with Crippen LogP contribution in [0.1, 0.15) is 31.9 Å². The molecule has 0 radical (unpaired) electrons. The van der Waals surface area contributed by atoms with Crippen LogP contribution in [0, 0.1) is 0 Å². The Morgan fingerprint density at radius 2 is 1.78 bits per heavy atom. The minimum atomic E-state index is 0.225. The van der Waals surface area contributed by atoms with E-state index in [0.717, 1.165) is 32.1 Å². The van der Waals surface area contributed by atoms with Gasteiger partial charge in [0.2, 0.25) is 0 Å². The van der Waals surface area contributed by atoms with Gasteiger partial charge in [-0.05, 0) is 31.1 Å². The molecule has 23 heavy (non-hydrogen) atoms. The van der Waals surface area contributed by atoms with Gasteiger partial charge >= 0.3 is 0 Å². The van der Waals surface area contributed by atoms with Gasteiger partial charge in [-0.1, -0.05) is 38.1 Å². The molecule has 0 amide bonds. The van der Waals surface area contributed by atoms with Crippen molar-refractivity contribution in [3.63, 3.8) is 0 Å². The zero-order valence-electron chi connectivity index (χ0n) is 15.2. The molecule has 0 aliphatic heterocycles. The first-order valence-corrected chi connectivity index (χ1v) is 8.39. The van der Waals surface area contributed by atoms with E-state index in [1.807, 2.05) is 0 Å². The molecule has 0 saturated heterocycles. The van der Waals surface area contributed by atoms with Crippen LogP contribution in [0.4, 0.5) is 0 Å². The van der Waals surface area contributed by atoms with Crippen molar-refractivity contribution < 1.29 is 4.74 Å². The van der Waals surface area contributed by atoms with E-state index in [-0.39, 0.29) is 6.04 Å². The van der Waals surface area contributed by atoms with Gasteiger partial charge in [0.15, 0.2) is 5.96 Å². The number of nitrogens with zero attached hydrogens (tertiary/aromatic N) is 2. The average molecular weight is 320 g/mol. The van der Waals surface area contributed by atoms with Gasteiger partial charge in [-0.25, -0.2) is 0 Å². The van der Waals surface area contributed by atoms with Gasteiger partial charge in [-0.15, -0.1) is 0 Å². The minimum Gasteiger partial charge on any atom is -0.383 e. The molecule has 5 heteroatoms. The van der Waals surface area contributed by atoms with Crippen LogP contribution in [0.2, 0.25) is 0 Å². The van der Waals surface area contributed by atoms with E-state index in [4.69, 9.17) is 4.74 Å². The molecule has 0 aliphatic carbocycles. The lowest BCUT2D eigenvalue weighted by Gasteiger charge is -2.19. The van der Waals surface area contributed by atoms with Crippen molar-refractivity contribution in [1.29, 1.82) is 0 Å². The van der Waals surface area contributed by atoms with Gasteiger partial charge in [0, 0.05) is 33.3 Å². The standard InChI is InChI=1S/C18H32N4O/c1-6-22(7-2)13-17-10-8-16(9-11-17)12-20-18(19-4)21-15(3)14-23-5/h8-11,15H,6-7,12-14H2,1-5H3,(H2,19,20,21). The molecule has 1 aromatic carbocycles. The zero-order chi connectivity index (χ0) is 17.1. The van der Waals surface area contributed by atoms with Crippen LogP contribution < -0.4 is 10.6 Å². The van der Waals surface area contributed by atoms with Crippen molar-refractivity contribution in [3.8, 4) is 0 Å². The predicted molar refractivity (Wildman–Crippen MR) is 97.7 cm³/mol. The number of hydrogen-bond acceptors (Lipinski definition) is 3. The largest absolute Gasteiger partial charge is 0.383 e. The van der Waals surface area contributed by atoms with Crippen molar-refractivity contribution >= 4 is 5.96 Å². The van der Waals surface area contributed by atoms with Crippen LogP contribution in [0.3, 0.4) is 0 Å². The van der Waals surface area contributed by atoms with Crippen LogP contribution >= 0.6 is 0 Å². The summed E-state index contributed by atoms with van der Waals surface area (Å²) < 4.78 is 5.13.